The van der Waals surface area contributed by atoms with Gasteiger partial charge in [-0.3, -0.25) is 4.79 Å². The average molecular weight is 218 g/mol. The van der Waals surface area contributed by atoms with Crippen LogP contribution in [0.1, 0.15) is 25.8 Å². The van der Waals surface area contributed by atoms with Gasteiger partial charge in [-0.25, -0.2) is 0 Å². The van der Waals surface area contributed by atoms with Crippen LogP contribution in [0.4, 0.5) is 5.69 Å². The molecule has 1 unspecified atom stereocenters. The van der Waals surface area contributed by atoms with Crippen molar-refractivity contribution in [3.63, 3.8) is 0 Å². The van der Waals surface area contributed by atoms with Gasteiger partial charge in [0, 0.05) is 11.7 Å². The second kappa shape index (κ2) is 3.81. The first-order valence-corrected chi connectivity index (χ1v) is 5.61. The van der Waals surface area contributed by atoms with Crippen molar-refractivity contribution in [1.29, 1.82) is 0 Å². The number of anilines is 1. The van der Waals surface area contributed by atoms with Crippen LogP contribution in [0.15, 0.2) is 24.3 Å². The van der Waals surface area contributed by atoms with Gasteiger partial charge < -0.3 is 11.1 Å². The second-order valence-corrected chi connectivity index (χ2v) is 5.23. The van der Waals surface area contributed by atoms with E-state index in [0.717, 1.165) is 17.7 Å². The maximum absolute atomic E-state index is 11.7. The lowest BCUT2D eigenvalue weighted by molar-refractivity contribution is -0.120. The maximum Gasteiger partial charge on any atom is 0.224 e. The summed E-state index contributed by atoms with van der Waals surface area (Å²) in [4.78, 5) is 11.7. The van der Waals surface area contributed by atoms with Crippen LogP contribution in [0.25, 0.3) is 0 Å². The minimum atomic E-state index is 0.0975. The van der Waals surface area contributed by atoms with Crippen LogP contribution in [-0.2, 0) is 11.2 Å². The summed E-state index contributed by atoms with van der Waals surface area (Å²) < 4.78 is 0. The van der Waals surface area contributed by atoms with Gasteiger partial charge in [0.05, 0.1) is 6.42 Å². The van der Waals surface area contributed by atoms with Crippen molar-refractivity contribution < 1.29 is 4.79 Å². The molecule has 1 amide bonds. The molecule has 0 saturated heterocycles. The Bertz CT molecular complexity index is 395. The molecule has 3 N–H and O–H groups in total. The fraction of sp³-hybridized carbons (Fsp3) is 0.462. The van der Waals surface area contributed by atoms with E-state index in [1.54, 1.807) is 0 Å². The zero-order chi connectivity index (χ0) is 11.8. The SMILES string of the molecule is CC1(C)CC1NC(=O)Cc1ccc(N)cc1. The van der Waals surface area contributed by atoms with E-state index in [1.165, 1.54) is 0 Å². The van der Waals surface area contributed by atoms with Crippen LogP contribution in [-0.4, -0.2) is 11.9 Å². The van der Waals surface area contributed by atoms with Crippen molar-refractivity contribution in [1.82, 2.24) is 5.32 Å². The number of benzene rings is 1. The lowest BCUT2D eigenvalue weighted by Gasteiger charge is -2.07. The van der Waals surface area contributed by atoms with Crippen molar-refractivity contribution in [3.8, 4) is 0 Å². The standard InChI is InChI=1S/C13H18N2O/c1-13(2)8-11(13)15-12(16)7-9-3-5-10(14)6-4-9/h3-6,11H,7-8,14H2,1-2H3,(H,15,16). The summed E-state index contributed by atoms with van der Waals surface area (Å²) in [6.07, 6.45) is 1.52. The second-order valence-electron chi connectivity index (χ2n) is 5.23. The molecule has 1 aliphatic rings. The summed E-state index contributed by atoms with van der Waals surface area (Å²) in [5.74, 6) is 0.0975. The van der Waals surface area contributed by atoms with Crippen molar-refractivity contribution in [3.05, 3.63) is 29.8 Å². The lowest BCUT2D eigenvalue weighted by atomic mass is 10.1. The Morgan fingerprint density at radius 3 is 2.50 bits per heavy atom. The number of nitrogen functional groups attached to an aromatic ring is 1. The highest BCUT2D eigenvalue weighted by Crippen LogP contribution is 2.44. The Hall–Kier alpha value is -1.51. The van der Waals surface area contributed by atoms with E-state index < -0.39 is 0 Å². The first-order chi connectivity index (χ1) is 7.47. The summed E-state index contributed by atoms with van der Waals surface area (Å²) in [5, 5.41) is 3.04. The van der Waals surface area contributed by atoms with Crippen LogP contribution in [0.2, 0.25) is 0 Å². The smallest absolute Gasteiger partial charge is 0.224 e. The van der Waals surface area contributed by atoms with Crippen LogP contribution in [0, 0.1) is 5.41 Å². The number of nitrogens with two attached hydrogens (primary N) is 1. The summed E-state index contributed by atoms with van der Waals surface area (Å²) in [6, 6.07) is 7.79. The van der Waals surface area contributed by atoms with Gasteiger partial charge in [-0.1, -0.05) is 26.0 Å². The van der Waals surface area contributed by atoms with Crippen LogP contribution >= 0.6 is 0 Å². The molecule has 0 aliphatic heterocycles. The molecule has 0 spiro atoms. The topological polar surface area (TPSA) is 55.1 Å². The number of carbonyl (C=O) groups excluding carboxylic acids is 1. The van der Waals surface area contributed by atoms with E-state index in [9.17, 15) is 4.79 Å². The fourth-order valence-electron chi connectivity index (χ4n) is 1.78. The Morgan fingerprint density at radius 2 is 2.00 bits per heavy atom. The first-order valence-electron chi connectivity index (χ1n) is 5.61. The van der Waals surface area contributed by atoms with Crippen molar-refractivity contribution >= 4 is 11.6 Å². The zero-order valence-corrected chi connectivity index (χ0v) is 9.79. The highest BCUT2D eigenvalue weighted by atomic mass is 16.1. The molecule has 0 radical (unpaired) electrons. The Balaban J connectivity index is 1.86. The van der Waals surface area contributed by atoms with Gasteiger partial charge in [-0.05, 0) is 29.5 Å². The van der Waals surface area contributed by atoms with Gasteiger partial charge in [0.2, 0.25) is 5.91 Å². The molecule has 1 saturated carbocycles. The highest BCUT2D eigenvalue weighted by Gasteiger charge is 2.46. The normalized spacial score (nSPS) is 21.5. The molecular formula is C13H18N2O. The fourth-order valence-corrected chi connectivity index (χ4v) is 1.78. The van der Waals surface area contributed by atoms with Crippen molar-refractivity contribution in [2.75, 3.05) is 5.73 Å². The number of hydrogen-bond donors (Lipinski definition) is 2. The molecule has 1 fully saturated rings. The molecule has 3 nitrogen and oxygen atoms in total. The third kappa shape index (κ3) is 2.54. The van der Waals surface area contributed by atoms with Crippen molar-refractivity contribution in [2.24, 2.45) is 5.41 Å². The molecule has 1 aliphatic carbocycles. The summed E-state index contributed by atoms with van der Waals surface area (Å²) >= 11 is 0. The van der Waals surface area contributed by atoms with Crippen molar-refractivity contribution in [2.45, 2.75) is 32.7 Å². The van der Waals surface area contributed by atoms with Crippen LogP contribution < -0.4 is 11.1 Å². The third-order valence-corrected chi connectivity index (χ3v) is 3.19. The molecule has 0 aromatic heterocycles. The lowest BCUT2D eigenvalue weighted by Crippen LogP contribution is -2.29. The Kier molecular flexibility index (Phi) is 2.62. The molecule has 0 heterocycles. The zero-order valence-electron chi connectivity index (χ0n) is 9.79. The molecule has 3 heteroatoms. The average Bonchev–Trinajstić information content (AvgIpc) is 2.77. The van der Waals surface area contributed by atoms with E-state index in [-0.39, 0.29) is 11.3 Å². The number of amides is 1. The van der Waals surface area contributed by atoms with Gasteiger partial charge in [0.1, 0.15) is 0 Å². The summed E-state index contributed by atoms with van der Waals surface area (Å²) in [7, 11) is 0. The maximum atomic E-state index is 11.7. The van der Waals surface area contributed by atoms with E-state index >= 15 is 0 Å². The quantitative estimate of drug-likeness (QED) is 0.759. The number of nitrogens with one attached hydrogen (secondary N) is 1. The molecule has 86 valence electrons. The van der Waals surface area contributed by atoms with E-state index in [0.29, 0.717) is 12.5 Å². The molecule has 0 bridgehead atoms. The first kappa shape index (κ1) is 11.0. The number of rotatable bonds is 3. The Morgan fingerprint density at radius 1 is 1.44 bits per heavy atom. The van der Waals surface area contributed by atoms with Gasteiger partial charge >= 0.3 is 0 Å². The highest BCUT2D eigenvalue weighted by molar-refractivity contribution is 5.79. The van der Waals surface area contributed by atoms with Gasteiger partial charge in [0.15, 0.2) is 0 Å². The molecule has 1 aromatic rings. The molecule has 2 rings (SSSR count). The van der Waals surface area contributed by atoms with E-state index in [4.69, 9.17) is 5.73 Å². The predicted molar refractivity (Wildman–Crippen MR) is 64.9 cm³/mol. The van der Waals surface area contributed by atoms with E-state index in [1.807, 2.05) is 24.3 Å². The van der Waals surface area contributed by atoms with E-state index in [2.05, 4.69) is 19.2 Å². The molecule has 1 aromatic carbocycles. The minimum Gasteiger partial charge on any atom is -0.399 e. The van der Waals surface area contributed by atoms with Crippen LogP contribution in [0.5, 0.6) is 0 Å². The predicted octanol–water partition coefficient (Wildman–Crippen LogP) is 1.73. The van der Waals surface area contributed by atoms with Gasteiger partial charge in [-0.2, -0.15) is 0 Å². The molecule has 16 heavy (non-hydrogen) atoms. The van der Waals surface area contributed by atoms with Gasteiger partial charge in [0.25, 0.3) is 0 Å². The van der Waals surface area contributed by atoms with Crippen LogP contribution in [0.3, 0.4) is 0 Å². The third-order valence-electron chi connectivity index (χ3n) is 3.19. The largest absolute Gasteiger partial charge is 0.399 e. The van der Waals surface area contributed by atoms with Gasteiger partial charge in [-0.15, -0.1) is 0 Å². The summed E-state index contributed by atoms with van der Waals surface area (Å²) in [5.41, 5.74) is 7.61. The summed E-state index contributed by atoms with van der Waals surface area (Å²) in [6.45, 7) is 4.34. The molecule has 1 atom stereocenters. The Labute approximate surface area is 96.0 Å². The number of carbonyl (C=O) groups is 1. The molecular weight excluding hydrogens is 200 g/mol. The number of hydrogen-bond acceptors (Lipinski definition) is 2. The monoisotopic (exact) mass is 218 g/mol. The minimum absolute atomic E-state index is 0.0975.